The van der Waals surface area contributed by atoms with E-state index >= 15 is 0 Å². The molecule has 1 fully saturated rings. The van der Waals surface area contributed by atoms with Gasteiger partial charge in [-0.3, -0.25) is 9.69 Å². The predicted molar refractivity (Wildman–Crippen MR) is 71.8 cm³/mol. The Kier molecular flexibility index (Phi) is 5.87. The van der Waals surface area contributed by atoms with Crippen molar-refractivity contribution >= 4 is 5.91 Å². The second-order valence-corrected chi connectivity index (χ2v) is 4.99. The van der Waals surface area contributed by atoms with Crippen molar-refractivity contribution in [3.63, 3.8) is 0 Å². The number of carbonyl (C=O) groups excluding carboxylic acids is 1. The summed E-state index contributed by atoms with van der Waals surface area (Å²) < 4.78 is 0. The molecule has 1 rings (SSSR count). The number of allylic oxidation sites excluding steroid dienone is 1. The van der Waals surface area contributed by atoms with Gasteiger partial charge < -0.3 is 4.90 Å². The molecule has 0 aromatic rings. The summed E-state index contributed by atoms with van der Waals surface area (Å²) in [5, 5.41) is 9.16. The summed E-state index contributed by atoms with van der Waals surface area (Å²) in [6.07, 6.45) is 4.43. The highest BCUT2D eigenvalue weighted by Gasteiger charge is 2.26. The number of nitrogens with zero attached hydrogens (tertiary/aromatic N) is 3. The number of piperazine rings is 1. The molecular formula is C14H23N3O. The smallest absolute Gasteiger partial charge is 0.246 e. The van der Waals surface area contributed by atoms with E-state index in [1.807, 2.05) is 17.9 Å². The minimum absolute atomic E-state index is 0.0339. The molecular weight excluding hydrogens is 226 g/mol. The molecule has 1 amide bonds. The number of amides is 1. The summed E-state index contributed by atoms with van der Waals surface area (Å²) in [5.41, 5.74) is 0. The lowest BCUT2D eigenvalue weighted by Gasteiger charge is -2.37. The van der Waals surface area contributed by atoms with Crippen molar-refractivity contribution in [2.45, 2.75) is 33.2 Å². The van der Waals surface area contributed by atoms with Crippen LogP contribution >= 0.6 is 0 Å². The summed E-state index contributed by atoms with van der Waals surface area (Å²) in [4.78, 5) is 15.8. The van der Waals surface area contributed by atoms with Crippen LogP contribution in [0.15, 0.2) is 12.2 Å². The first kappa shape index (κ1) is 14.7. The lowest BCUT2D eigenvalue weighted by atomic mass is 10.0. The Morgan fingerprint density at radius 3 is 2.39 bits per heavy atom. The molecule has 1 atom stereocenters. The molecule has 0 aromatic heterocycles. The molecule has 18 heavy (non-hydrogen) atoms. The maximum absolute atomic E-state index is 11.8. The van der Waals surface area contributed by atoms with Crippen LogP contribution in [0.2, 0.25) is 0 Å². The number of nitriles is 1. The van der Waals surface area contributed by atoms with Gasteiger partial charge in [0.05, 0.1) is 6.07 Å². The minimum atomic E-state index is -0.0339. The quantitative estimate of drug-likeness (QED) is 0.712. The first-order valence-electron chi connectivity index (χ1n) is 6.69. The molecule has 0 aliphatic carbocycles. The zero-order valence-electron chi connectivity index (χ0n) is 11.6. The molecule has 1 saturated heterocycles. The molecule has 0 spiro atoms. The Hall–Kier alpha value is -1.34. The Bertz CT molecular complexity index is 335. The van der Waals surface area contributed by atoms with E-state index in [2.05, 4.69) is 24.8 Å². The summed E-state index contributed by atoms with van der Waals surface area (Å²) in [6.45, 7) is 9.17. The number of hydrogen-bond acceptors (Lipinski definition) is 3. The largest absolute Gasteiger partial charge is 0.337 e. The lowest BCUT2D eigenvalue weighted by molar-refractivity contribution is -0.128. The number of carbonyl (C=O) groups is 1. The molecule has 0 N–H and O–H groups in total. The Balaban J connectivity index is 2.48. The van der Waals surface area contributed by atoms with E-state index < -0.39 is 0 Å². The topological polar surface area (TPSA) is 47.3 Å². The second kappa shape index (κ2) is 7.17. The van der Waals surface area contributed by atoms with Crippen molar-refractivity contribution in [1.29, 1.82) is 5.26 Å². The van der Waals surface area contributed by atoms with Gasteiger partial charge in [-0.2, -0.15) is 5.26 Å². The summed E-state index contributed by atoms with van der Waals surface area (Å²) in [5.74, 6) is 0.423. The highest BCUT2D eigenvalue weighted by molar-refractivity contribution is 5.87. The molecule has 100 valence electrons. The molecule has 0 saturated carbocycles. The molecule has 0 aromatic carbocycles. The van der Waals surface area contributed by atoms with E-state index in [1.165, 1.54) is 0 Å². The minimum Gasteiger partial charge on any atom is -0.337 e. The normalized spacial score (nSPS) is 19.2. The van der Waals surface area contributed by atoms with Gasteiger partial charge in [0.15, 0.2) is 0 Å². The Morgan fingerprint density at radius 2 is 1.94 bits per heavy atom. The third kappa shape index (κ3) is 3.85. The van der Waals surface area contributed by atoms with Gasteiger partial charge >= 0.3 is 0 Å². The van der Waals surface area contributed by atoms with Crippen LogP contribution in [0, 0.1) is 17.2 Å². The zero-order chi connectivity index (χ0) is 13.5. The van der Waals surface area contributed by atoms with Gasteiger partial charge in [0.1, 0.15) is 6.04 Å². The summed E-state index contributed by atoms with van der Waals surface area (Å²) >= 11 is 0. The fraction of sp³-hybridized carbons (Fsp3) is 0.714. The molecule has 1 aliphatic rings. The summed E-state index contributed by atoms with van der Waals surface area (Å²) in [6, 6.07) is 2.32. The van der Waals surface area contributed by atoms with Crippen LogP contribution in [0.4, 0.5) is 0 Å². The van der Waals surface area contributed by atoms with Gasteiger partial charge in [-0.25, -0.2) is 0 Å². The van der Waals surface area contributed by atoms with Crippen molar-refractivity contribution in [2.75, 3.05) is 26.2 Å². The maximum Gasteiger partial charge on any atom is 0.246 e. The van der Waals surface area contributed by atoms with Crippen molar-refractivity contribution in [3.05, 3.63) is 12.2 Å². The molecule has 4 heteroatoms. The summed E-state index contributed by atoms with van der Waals surface area (Å²) in [7, 11) is 0. The number of rotatable bonds is 4. The molecule has 0 radical (unpaired) electrons. The van der Waals surface area contributed by atoms with Crippen molar-refractivity contribution < 1.29 is 4.79 Å². The molecule has 4 nitrogen and oxygen atoms in total. The van der Waals surface area contributed by atoms with Gasteiger partial charge in [-0.05, 0) is 18.4 Å². The van der Waals surface area contributed by atoms with Crippen molar-refractivity contribution in [3.8, 4) is 6.07 Å². The van der Waals surface area contributed by atoms with Gasteiger partial charge in [-0.15, -0.1) is 0 Å². The van der Waals surface area contributed by atoms with Gasteiger partial charge in [-0.1, -0.05) is 26.8 Å². The fourth-order valence-electron chi connectivity index (χ4n) is 2.20. The highest BCUT2D eigenvalue weighted by atomic mass is 16.2. The molecule has 1 heterocycles. The van der Waals surface area contributed by atoms with Crippen LogP contribution in [-0.4, -0.2) is 47.9 Å². The first-order chi connectivity index (χ1) is 8.60. The maximum atomic E-state index is 11.8. The second-order valence-electron chi connectivity index (χ2n) is 4.99. The monoisotopic (exact) mass is 249 g/mol. The Labute approximate surface area is 110 Å². The van der Waals surface area contributed by atoms with Crippen LogP contribution in [0.25, 0.3) is 0 Å². The Morgan fingerprint density at radius 1 is 1.33 bits per heavy atom. The molecule has 0 bridgehead atoms. The standard InChI is InChI=1S/C14H23N3O/c1-4-5-6-14(18)17-9-7-16(8-10-17)13(11-15)12(2)3/h5-6,12-13H,4,7-10H2,1-3H3/b6-5-/t13-/m0/s1. The van der Waals surface area contributed by atoms with E-state index in [4.69, 9.17) is 5.26 Å². The van der Waals surface area contributed by atoms with E-state index in [1.54, 1.807) is 6.08 Å². The van der Waals surface area contributed by atoms with Crippen LogP contribution in [-0.2, 0) is 4.79 Å². The lowest BCUT2D eigenvalue weighted by Crippen LogP contribution is -2.52. The average Bonchev–Trinajstić information content (AvgIpc) is 2.37. The van der Waals surface area contributed by atoms with Gasteiger partial charge in [0.25, 0.3) is 0 Å². The van der Waals surface area contributed by atoms with E-state index in [-0.39, 0.29) is 11.9 Å². The van der Waals surface area contributed by atoms with Crippen molar-refractivity contribution in [2.24, 2.45) is 5.92 Å². The van der Waals surface area contributed by atoms with Gasteiger partial charge in [0.2, 0.25) is 5.91 Å². The zero-order valence-corrected chi connectivity index (χ0v) is 11.6. The molecule has 1 aliphatic heterocycles. The third-order valence-corrected chi connectivity index (χ3v) is 3.28. The molecule has 0 unspecified atom stereocenters. The van der Waals surface area contributed by atoms with Crippen LogP contribution in [0.1, 0.15) is 27.2 Å². The SMILES string of the molecule is CC/C=C\C(=O)N1CCN([C@@H](C#N)C(C)C)CC1. The van der Waals surface area contributed by atoms with Gasteiger partial charge in [0, 0.05) is 26.2 Å². The van der Waals surface area contributed by atoms with Crippen LogP contribution in [0.5, 0.6) is 0 Å². The van der Waals surface area contributed by atoms with Crippen LogP contribution in [0.3, 0.4) is 0 Å². The highest BCUT2D eigenvalue weighted by Crippen LogP contribution is 2.13. The van der Waals surface area contributed by atoms with Crippen molar-refractivity contribution in [1.82, 2.24) is 9.80 Å². The van der Waals surface area contributed by atoms with E-state index in [0.717, 1.165) is 32.6 Å². The number of hydrogen-bond donors (Lipinski definition) is 0. The third-order valence-electron chi connectivity index (χ3n) is 3.28. The van der Waals surface area contributed by atoms with E-state index in [9.17, 15) is 4.79 Å². The average molecular weight is 249 g/mol. The van der Waals surface area contributed by atoms with Crippen LogP contribution < -0.4 is 0 Å². The van der Waals surface area contributed by atoms with E-state index in [0.29, 0.717) is 5.92 Å². The fourth-order valence-corrected chi connectivity index (χ4v) is 2.20. The first-order valence-corrected chi connectivity index (χ1v) is 6.69. The predicted octanol–water partition coefficient (Wildman–Crippen LogP) is 1.64.